The van der Waals surface area contributed by atoms with Crippen LogP contribution in [0, 0.1) is 0 Å². The number of nitrogens with one attached hydrogen (secondary N) is 2. The molecule has 1 aliphatic heterocycles. The van der Waals surface area contributed by atoms with Gasteiger partial charge in [0.25, 0.3) is 5.91 Å². The van der Waals surface area contributed by atoms with Gasteiger partial charge in [-0.3, -0.25) is 9.69 Å². The van der Waals surface area contributed by atoms with Crippen LogP contribution in [0.3, 0.4) is 0 Å². The minimum atomic E-state index is -0.107. The fraction of sp³-hybridized carbons (Fsp3) is 0.222. The van der Waals surface area contributed by atoms with Crippen LogP contribution < -0.4 is 16.4 Å². The third-order valence-corrected chi connectivity index (χ3v) is 5.86. The second-order valence-electron chi connectivity index (χ2n) is 8.19. The van der Waals surface area contributed by atoms with Crippen LogP contribution in [-0.2, 0) is 17.8 Å². The number of amides is 1. The molecule has 0 radical (unpaired) electrons. The number of nitrogens with two attached hydrogens (primary N) is 1. The van der Waals surface area contributed by atoms with Gasteiger partial charge < -0.3 is 16.4 Å². The Kier molecular flexibility index (Phi) is 6.57. The molecule has 32 heavy (non-hydrogen) atoms. The Balaban J connectivity index is 1.41. The maximum atomic E-state index is 12.5. The first-order chi connectivity index (χ1) is 15.5. The van der Waals surface area contributed by atoms with Gasteiger partial charge in [0, 0.05) is 41.4 Å². The van der Waals surface area contributed by atoms with Crippen molar-refractivity contribution in [2.45, 2.75) is 26.8 Å². The zero-order valence-corrected chi connectivity index (χ0v) is 18.7. The zero-order valence-electron chi connectivity index (χ0n) is 18.7. The van der Waals surface area contributed by atoms with Crippen molar-refractivity contribution in [1.29, 1.82) is 0 Å². The summed E-state index contributed by atoms with van der Waals surface area (Å²) in [5, 5.41) is 6.28. The first-order valence-corrected chi connectivity index (χ1v) is 11.1. The second kappa shape index (κ2) is 9.71. The van der Waals surface area contributed by atoms with Crippen LogP contribution in [-0.4, -0.2) is 23.9 Å². The lowest BCUT2D eigenvalue weighted by atomic mass is 10.0. The maximum absolute atomic E-state index is 12.5. The number of fused-ring (bicyclic) bond motifs is 1. The number of carbonyl (C=O) groups is 1. The molecule has 1 aliphatic rings. The minimum absolute atomic E-state index is 0.107. The normalized spacial score (nSPS) is 14.3. The highest BCUT2D eigenvalue weighted by molar-refractivity contribution is 6.32. The third-order valence-electron chi connectivity index (χ3n) is 5.86. The molecule has 0 saturated carbocycles. The van der Waals surface area contributed by atoms with Gasteiger partial charge in [0.15, 0.2) is 0 Å². The Morgan fingerprint density at radius 3 is 2.47 bits per heavy atom. The van der Waals surface area contributed by atoms with Gasteiger partial charge in [0.1, 0.15) is 0 Å². The molecule has 0 saturated heterocycles. The van der Waals surface area contributed by atoms with E-state index in [1.165, 1.54) is 11.1 Å². The van der Waals surface area contributed by atoms with Crippen LogP contribution in [0.1, 0.15) is 30.5 Å². The topological polar surface area (TPSA) is 70.4 Å². The Hall–Kier alpha value is -3.57. The predicted molar refractivity (Wildman–Crippen MR) is 133 cm³/mol. The lowest BCUT2D eigenvalue weighted by Crippen LogP contribution is -2.25. The highest BCUT2D eigenvalue weighted by atomic mass is 16.2. The Bertz CT molecular complexity index is 1120. The molecule has 3 aromatic carbocycles. The van der Waals surface area contributed by atoms with Gasteiger partial charge in [-0.05, 0) is 61.3 Å². The van der Waals surface area contributed by atoms with Crippen molar-refractivity contribution in [3.05, 3.63) is 95.2 Å². The summed E-state index contributed by atoms with van der Waals surface area (Å²) < 4.78 is 0. The van der Waals surface area contributed by atoms with E-state index in [0.717, 1.165) is 48.7 Å². The van der Waals surface area contributed by atoms with Crippen molar-refractivity contribution >= 4 is 28.5 Å². The minimum Gasteiger partial charge on any atom is -0.399 e. The fourth-order valence-electron chi connectivity index (χ4n) is 4.07. The van der Waals surface area contributed by atoms with Gasteiger partial charge in [-0.1, -0.05) is 49.4 Å². The molecule has 0 aromatic heterocycles. The zero-order chi connectivity index (χ0) is 22.5. The van der Waals surface area contributed by atoms with Crippen LogP contribution in [0.4, 0.5) is 17.1 Å². The Morgan fingerprint density at radius 1 is 1.00 bits per heavy atom. The number of carbonyl (C=O) groups excluding carboxylic acids is 1. The number of anilines is 3. The van der Waals surface area contributed by atoms with E-state index in [2.05, 4.69) is 77.1 Å². The fourth-order valence-corrected chi connectivity index (χ4v) is 4.07. The highest BCUT2D eigenvalue weighted by Crippen LogP contribution is 2.35. The summed E-state index contributed by atoms with van der Waals surface area (Å²) in [7, 11) is 0. The van der Waals surface area contributed by atoms with E-state index in [0.29, 0.717) is 11.3 Å². The van der Waals surface area contributed by atoms with Gasteiger partial charge in [0.2, 0.25) is 0 Å². The molecule has 0 spiro atoms. The molecule has 4 N–H and O–H groups in total. The van der Waals surface area contributed by atoms with Crippen LogP contribution in [0.5, 0.6) is 0 Å². The van der Waals surface area contributed by atoms with E-state index in [-0.39, 0.29) is 5.91 Å². The number of hydrogen-bond acceptors (Lipinski definition) is 4. The molecule has 5 heteroatoms. The van der Waals surface area contributed by atoms with Crippen LogP contribution in [0.25, 0.3) is 5.57 Å². The first-order valence-electron chi connectivity index (χ1n) is 11.1. The van der Waals surface area contributed by atoms with Gasteiger partial charge >= 0.3 is 0 Å². The monoisotopic (exact) mass is 426 g/mol. The van der Waals surface area contributed by atoms with Crippen molar-refractivity contribution in [2.24, 2.45) is 0 Å². The van der Waals surface area contributed by atoms with E-state index >= 15 is 0 Å². The molecular weight excluding hydrogens is 396 g/mol. The maximum Gasteiger partial charge on any atom is 0.258 e. The predicted octanol–water partition coefficient (Wildman–Crippen LogP) is 5.13. The van der Waals surface area contributed by atoms with Gasteiger partial charge in [0.05, 0.1) is 5.57 Å². The number of rotatable bonds is 8. The number of likely N-dealkylation sites (N-methyl/N-ethyl adjacent to an activating group) is 1. The number of nitrogens with zero attached hydrogens (tertiary/aromatic N) is 1. The Labute approximate surface area is 189 Å². The van der Waals surface area contributed by atoms with Crippen molar-refractivity contribution in [3.8, 4) is 0 Å². The lowest BCUT2D eigenvalue weighted by Gasteiger charge is -2.21. The summed E-state index contributed by atoms with van der Waals surface area (Å²) in [5.41, 5.74) is 13.2. The van der Waals surface area contributed by atoms with Crippen LogP contribution in [0.15, 0.2) is 78.5 Å². The molecule has 1 amide bonds. The molecule has 0 bridgehead atoms. The van der Waals surface area contributed by atoms with Crippen molar-refractivity contribution < 1.29 is 4.79 Å². The van der Waals surface area contributed by atoms with Gasteiger partial charge in [-0.15, -0.1) is 0 Å². The molecule has 4 rings (SSSR count). The molecule has 0 atom stereocenters. The second-order valence-corrected chi connectivity index (χ2v) is 8.19. The molecule has 0 unspecified atom stereocenters. The van der Waals surface area contributed by atoms with Crippen molar-refractivity contribution in [1.82, 2.24) is 4.90 Å². The van der Waals surface area contributed by atoms with E-state index < -0.39 is 0 Å². The van der Waals surface area contributed by atoms with E-state index in [1.807, 2.05) is 19.1 Å². The first kappa shape index (κ1) is 21.7. The number of benzene rings is 3. The molecule has 1 heterocycles. The van der Waals surface area contributed by atoms with Crippen molar-refractivity contribution in [3.63, 3.8) is 0 Å². The van der Waals surface area contributed by atoms with E-state index in [9.17, 15) is 4.79 Å². The smallest absolute Gasteiger partial charge is 0.258 e. The standard InChI is InChI=1S/C27H30N4O/c1-3-31(16-15-20-7-5-4-6-8-20)18-21-9-12-23(13-10-21)29-19(2)26-24-17-22(28)11-14-25(24)30-27(26)32/h4-14,17,29H,3,15-16,18,28H2,1-2H3,(H,30,32)/b26-19-. The van der Waals surface area contributed by atoms with E-state index in [1.54, 1.807) is 6.07 Å². The summed E-state index contributed by atoms with van der Waals surface area (Å²) in [6.45, 7) is 7.08. The average Bonchev–Trinajstić information content (AvgIpc) is 3.13. The summed E-state index contributed by atoms with van der Waals surface area (Å²) in [6.07, 6.45) is 1.05. The van der Waals surface area contributed by atoms with Crippen LogP contribution in [0.2, 0.25) is 0 Å². The summed E-state index contributed by atoms with van der Waals surface area (Å²) in [4.78, 5) is 14.9. The average molecular weight is 427 g/mol. The number of hydrogen-bond donors (Lipinski definition) is 3. The molecule has 3 aromatic rings. The third kappa shape index (κ3) is 5.01. The lowest BCUT2D eigenvalue weighted by molar-refractivity contribution is -0.110. The molecule has 0 fully saturated rings. The SMILES string of the molecule is CCN(CCc1ccccc1)Cc1ccc(N/C(C)=C2\C(=O)Nc3ccc(N)cc32)cc1. The van der Waals surface area contributed by atoms with Gasteiger partial charge in [-0.25, -0.2) is 0 Å². The molecular formula is C27H30N4O. The summed E-state index contributed by atoms with van der Waals surface area (Å²) in [6, 6.07) is 24.5. The number of allylic oxidation sites excluding steroid dienone is 1. The van der Waals surface area contributed by atoms with Gasteiger partial charge in [-0.2, -0.15) is 0 Å². The molecule has 0 aliphatic carbocycles. The summed E-state index contributed by atoms with van der Waals surface area (Å²) >= 11 is 0. The Morgan fingerprint density at radius 2 is 1.75 bits per heavy atom. The van der Waals surface area contributed by atoms with Crippen molar-refractivity contribution in [2.75, 3.05) is 29.5 Å². The van der Waals surface area contributed by atoms with Crippen LogP contribution >= 0.6 is 0 Å². The summed E-state index contributed by atoms with van der Waals surface area (Å²) in [5.74, 6) is -0.107. The van der Waals surface area contributed by atoms with E-state index in [4.69, 9.17) is 5.73 Å². The number of nitrogen functional groups attached to an aromatic ring is 1. The molecule has 164 valence electrons. The quantitative estimate of drug-likeness (QED) is 0.345. The molecule has 5 nitrogen and oxygen atoms in total. The highest BCUT2D eigenvalue weighted by Gasteiger charge is 2.26. The largest absolute Gasteiger partial charge is 0.399 e.